The van der Waals surface area contributed by atoms with Crippen molar-refractivity contribution in [1.29, 1.82) is 0 Å². The maximum absolute atomic E-state index is 13.3. The molecule has 0 fully saturated rings. The number of rotatable bonds is 10. The van der Waals surface area contributed by atoms with E-state index >= 15 is 0 Å². The summed E-state index contributed by atoms with van der Waals surface area (Å²) in [6.07, 6.45) is 8.35. The smallest absolute Gasteiger partial charge is 0.164 e. The zero-order valence-electron chi connectivity index (χ0n) is 36.1. The molecule has 1 N–H and O–H groups in total. The summed E-state index contributed by atoms with van der Waals surface area (Å²) in [6, 6.07) is 48.3. The van der Waals surface area contributed by atoms with E-state index in [1.54, 1.807) is 18.3 Å². The molecule has 0 atom stereocenters. The fourth-order valence-electron chi connectivity index (χ4n) is 7.22. The average Bonchev–Trinajstić information content (AvgIpc) is 3.31. The standard InChI is InChI=1S/C23H14N.C17H10F2N.C15H28O2.Ir/c1-4-10-19-16(6-1)8-5-11-21(19)23-22-13-12-17-7-2-3-9-18(17)20(22)14-15-24-23;18-15-9-14(10-16(19)11-15)12-4-3-5-13(8-12)17-6-1-2-7-20-17;1-7-14(5,8-2)12(16)11-13(17)15(6,9-3)10-4;/h1-10,12-15H;1-4,6-11H;11,16H,7-10H2,1-6H3;/q2*-1;;/b;;12-11-;. The number of halogens is 2. The topological polar surface area (TPSA) is 63.1 Å². The number of ketones is 1. The Hall–Kier alpha value is -5.88. The predicted octanol–water partition coefficient (Wildman–Crippen LogP) is 15.1. The Morgan fingerprint density at radius 1 is 0.613 bits per heavy atom. The van der Waals surface area contributed by atoms with Crippen molar-refractivity contribution in [2.24, 2.45) is 10.8 Å². The van der Waals surface area contributed by atoms with Gasteiger partial charge in [-0.2, -0.15) is 0 Å². The summed E-state index contributed by atoms with van der Waals surface area (Å²) in [5.41, 5.74) is 4.23. The maximum atomic E-state index is 13.3. The third kappa shape index (κ3) is 10.8. The van der Waals surface area contributed by atoms with Gasteiger partial charge in [0, 0.05) is 55.5 Å². The zero-order valence-corrected chi connectivity index (χ0v) is 38.5. The molecule has 1 radical (unpaired) electrons. The number of pyridine rings is 2. The summed E-state index contributed by atoms with van der Waals surface area (Å²) in [4.78, 5) is 21.1. The Kier molecular flexibility index (Phi) is 16.2. The SMILES string of the molecule is CCC(C)(CC)C(=O)/C=C(\O)C(C)(CC)CC.Fc1cc(F)cc(-c2cc[c-]c(-c3ccccn3)c2)c1.[Ir].[c-]1ccc2ccccc2c1-c1nccc2c1ccc1ccccc12. The number of hydrogen-bond acceptors (Lipinski definition) is 4. The van der Waals surface area contributed by atoms with E-state index in [4.69, 9.17) is 4.98 Å². The molecule has 319 valence electrons. The van der Waals surface area contributed by atoms with Crippen LogP contribution in [0.1, 0.15) is 67.2 Å². The predicted molar refractivity (Wildman–Crippen MR) is 248 cm³/mol. The quantitative estimate of drug-likeness (QED) is 0.0642. The van der Waals surface area contributed by atoms with E-state index in [-0.39, 0.29) is 42.5 Å². The van der Waals surface area contributed by atoms with Gasteiger partial charge in [-0.25, -0.2) is 8.78 Å². The number of hydrogen-bond donors (Lipinski definition) is 1. The van der Waals surface area contributed by atoms with E-state index in [9.17, 15) is 18.7 Å². The van der Waals surface area contributed by atoms with Crippen molar-refractivity contribution >= 4 is 38.1 Å². The van der Waals surface area contributed by atoms with Crippen molar-refractivity contribution in [3.63, 3.8) is 0 Å². The number of benzene rings is 6. The number of fused-ring (bicyclic) bond motifs is 4. The number of carbonyl (C=O) groups excluding carboxylic acids is 1. The van der Waals surface area contributed by atoms with E-state index in [2.05, 4.69) is 89.9 Å². The molecule has 2 aromatic heterocycles. The van der Waals surface area contributed by atoms with E-state index < -0.39 is 11.6 Å². The van der Waals surface area contributed by atoms with Crippen molar-refractivity contribution in [2.75, 3.05) is 0 Å². The zero-order chi connectivity index (χ0) is 43.6. The number of carbonyl (C=O) groups is 1. The maximum Gasteiger partial charge on any atom is 0.164 e. The Balaban J connectivity index is 0.000000178. The monoisotopic (exact) mass is 1000 g/mol. The van der Waals surface area contributed by atoms with Gasteiger partial charge in [0.15, 0.2) is 5.78 Å². The van der Waals surface area contributed by atoms with Crippen LogP contribution < -0.4 is 0 Å². The number of nitrogens with zero attached hydrogens (tertiary/aromatic N) is 2. The Bertz CT molecular complexity index is 2770. The van der Waals surface area contributed by atoms with E-state index in [1.165, 1.54) is 50.5 Å². The van der Waals surface area contributed by atoms with Gasteiger partial charge in [-0.1, -0.05) is 120 Å². The summed E-state index contributed by atoms with van der Waals surface area (Å²) >= 11 is 0. The molecule has 0 saturated carbocycles. The van der Waals surface area contributed by atoms with Gasteiger partial charge < -0.3 is 15.1 Å². The van der Waals surface area contributed by atoms with Crippen LogP contribution in [0.15, 0.2) is 158 Å². The first-order valence-corrected chi connectivity index (χ1v) is 20.9. The van der Waals surface area contributed by atoms with Crippen LogP contribution in [0.2, 0.25) is 0 Å². The van der Waals surface area contributed by atoms with Gasteiger partial charge in [0.25, 0.3) is 0 Å². The molecular formula is C55H52F2IrN2O2-2. The molecule has 4 nitrogen and oxygen atoms in total. The molecule has 0 aliphatic carbocycles. The first-order valence-electron chi connectivity index (χ1n) is 20.9. The Labute approximate surface area is 378 Å². The van der Waals surface area contributed by atoms with E-state index in [0.29, 0.717) is 5.56 Å². The van der Waals surface area contributed by atoms with Crippen LogP contribution in [0.5, 0.6) is 0 Å². The van der Waals surface area contributed by atoms with E-state index in [0.717, 1.165) is 59.8 Å². The minimum Gasteiger partial charge on any atom is -0.512 e. The summed E-state index contributed by atoms with van der Waals surface area (Å²) in [6.45, 7) is 12.1. The van der Waals surface area contributed by atoms with Crippen LogP contribution in [-0.4, -0.2) is 20.9 Å². The largest absolute Gasteiger partial charge is 0.512 e. The fourth-order valence-corrected chi connectivity index (χ4v) is 7.22. The van der Waals surface area contributed by atoms with Crippen LogP contribution in [0.25, 0.3) is 66.0 Å². The first-order chi connectivity index (χ1) is 29.4. The molecule has 6 aromatic carbocycles. The molecule has 0 bridgehead atoms. The van der Waals surface area contributed by atoms with Crippen molar-refractivity contribution in [3.8, 4) is 33.6 Å². The summed E-state index contributed by atoms with van der Waals surface area (Å²) in [7, 11) is 0. The molecule has 2 heterocycles. The minimum absolute atomic E-state index is 0. The summed E-state index contributed by atoms with van der Waals surface area (Å²) in [5, 5.41) is 17.5. The number of aliphatic hydroxyl groups is 1. The van der Waals surface area contributed by atoms with Crippen molar-refractivity contribution in [2.45, 2.75) is 67.2 Å². The first kappa shape index (κ1) is 47.2. The molecule has 0 spiro atoms. The third-order valence-corrected chi connectivity index (χ3v) is 12.2. The van der Waals surface area contributed by atoms with E-state index in [1.807, 2.05) is 78.1 Å². The molecule has 8 aromatic rings. The van der Waals surface area contributed by atoms with Gasteiger partial charge in [0.2, 0.25) is 0 Å². The van der Waals surface area contributed by atoms with Crippen LogP contribution in [0.4, 0.5) is 8.78 Å². The van der Waals surface area contributed by atoms with Crippen LogP contribution in [-0.2, 0) is 24.9 Å². The van der Waals surface area contributed by atoms with Crippen LogP contribution >= 0.6 is 0 Å². The van der Waals surface area contributed by atoms with Gasteiger partial charge in [-0.15, -0.1) is 64.5 Å². The average molecular weight is 1000 g/mol. The fraction of sp³-hybridized carbons (Fsp3) is 0.218. The second-order valence-electron chi connectivity index (χ2n) is 15.8. The van der Waals surface area contributed by atoms with Crippen LogP contribution in [0, 0.1) is 34.6 Å². The number of aromatic nitrogens is 2. The molecule has 0 saturated heterocycles. The Morgan fingerprint density at radius 3 is 1.87 bits per heavy atom. The third-order valence-electron chi connectivity index (χ3n) is 12.2. The molecule has 0 aliphatic heterocycles. The molecule has 62 heavy (non-hydrogen) atoms. The second kappa shape index (κ2) is 21.3. The molecule has 7 heteroatoms. The molecule has 0 unspecified atom stereocenters. The molecule has 0 aliphatic rings. The molecular weight excluding hydrogens is 951 g/mol. The van der Waals surface area contributed by atoms with Crippen molar-refractivity contribution < 1.29 is 38.8 Å². The van der Waals surface area contributed by atoms with Crippen molar-refractivity contribution in [3.05, 3.63) is 181 Å². The van der Waals surface area contributed by atoms with Gasteiger partial charge in [0.05, 0.1) is 0 Å². The van der Waals surface area contributed by atoms with Crippen molar-refractivity contribution in [1.82, 2.24) is 9.97 Å². The molecule has 8 rings (SSSR count). The second-order valence-corrected chi connectivity index (χ2v) is 15.8. The van der Waals surface area contributed by atoms with Crippen LogP contribution in [0.3, 0.4) is 0 Å². The summed E-state index contributed by atoms with van der Waals surface area (Å²) < 4.78 is 26.6. The van der Waals surface area contributed by atoms with Gasteiger partial charge in [-0.05, 0) is 88.4 Å². The normalized spacial score (nSPS) is 11.6. The Morgan fingerprint density at radius 2 is 1.23 bits per heavy atom. The van der Waals surface area contributed by atoms with Gasteiger partial charge in [-0.3, -0.25) is 4.79 Å². The molecule has 0 amide bonds. The number of allylic oxidation sites excluding steroid dienone is 2. The van der Waals surface area contributed by atoms with Gasteiger partial charge in [0.1, 0.15) is 17.4 Å². The minimum atomic E-state index is -0.591. The summed E-state index contributed by atoms with van der Waals surface area (Å²) in [5.74, 6) is -0.895. The van der Waals surface area contributed by atoms with Gasteiger partial charge >= 0.3 is 0 Å². The number of aliphatic hydroxyl groups excluding tert-OH is 1.